The van der Waals surface area contributed by atoms with Gasteiger partial charge in [-0.2, -0.15) is 0 Å². The molecule has 1 rings (SSSR count). The van der Waals surface area contributed by atoms with Crippen molar-refractivity contribution < 1.29 is 14.6 Å². The van der Waals surface area contributed by atoms with Crippen LogP contribution in [0.25, 0.3) is 0 Å². The summed E-state index contributed by atoms with van der Waals surface area (Å²) in [5.41, 5.74) is 0.982. The molecule has 18 heavy (non-hydrogen) atoms. The molecule has 0 atom stereocenters. The number of hydrogen-bond acceptors (Lipinski definition) is 3. The zero-order valence-corrected chi connectivity index (χ0v) is 12.4. The largest absolute Gasteiger partial charge is 0.496 e. The van der Waals surface area contributed by atoms with E-state index in [9.17, 15) is 4.79 Å². The van der Waals surface area contributed by atoms with Crippen LogP contribution in [0.1, 0.15) is 19.4 Å². The predicted octanol–water partition coefficient (Wildman–Crippen LogP) is 2.75. The third kappa shape index (κ3) is 4.31. The third-order valence-electron chi connectivity index (χ3n) is 2.69. The predicted molar refractivity (Wildman–Crippen MR) is 73.9 cm³/mol. The Hall–Kier alpha value is -1.07. The summed E-state index contributed by atoms with van der Waals surface area (Å²) in [6.07, 6.45) is 0. The number of benzene rings is 1. The highest BCUT2D eigenvalue weighted by molar-refractivity contribution is 9.10. The van der Waals surface area contributed by atoms with Gasteiger partial charge in [0, 0.05) is 22.6 Å². The fourth-order valence-electron chi connectivity index (χ4n) is 1.66. The Morgan fingerprint density at radius 2 is 2.17 bits per heavy atom. The maximum absolute atomic E-state index is 10.8. The van der Waals surface area contributed by atoms with Gasteiger partial charge in [0.15, 0.2) is 0 Å². The Morgan fingerprint density at radius 3 is 2.67 bits per heavy atom. The smallest absolute Gasteiger partial charge is 0.317 e. The van der Waals surface area contributed by atoms with E-state index in [0.717, 1.165) is 15.8 Å². The van der Waals surface area contributed by atoms with Gasteiger partial charge in [0.25, 0.3) is 0 Å². The van der Waals surface area contributed by atoms with Crippen LogP contribution in [0.4, 0.5) is 0 Å². The Bertz CT molecular complexity index is 421. The van der Waals surface area contributed by atoms with Gasteiger partial charge in [-0.1, -0.05) is 22.0 Å². The van der Waals surface area contributed by atoms with Gasteiger partial charge in [-0.3, -0.25) is 9.69 Å². The molecule has 0 aliphatic heterocycles. The third-order valence-corrected chi connectivity index (χ3v) is 3.18. The molecule has 0 fully saturated rings. The number of carboxylic acids is 1. The van der Waals surface area contributed by atoms with Crippen molar-refractivity contribution in [2.24, 2.45) is 0 Å². The summed E-state index contributed by atoms with van der Waals surface area (Å²) in [7, 11) is 1.61. The Morgan fingerprint density at radius 1 is 1.50 bits per heavy atom. The van der Waals surface area contributed by atoms with E-state index in [0.29, 0.717) is 6.54 Å². The molecule has 0 bridgehead atoms. The lowest BCUT2D eigenvalue weighted by Crippen LogP contribution is -2.35. The highest BCUT2D eigenvalue weighted by Gasteiger charge is 2.16. The fourth-order valence-corrected chi connectivity index (χ4v) is 2.00. The van der Waals surface area contributed by atoms with Crippen LogP contribution in [0.5, 0.6) is 5.75 Å². The fraction of sp³-hybridized carbons (Fsp3) is 0.462. The molecule has 0 unspecified atom stereocenters. The van der Waals surface area contributed by atoms with Crippen molar-refractivity contribution in [2.75, 3.05) is 13.7 Å². The molecule has 0 saturated carbocycles. The van der Waals surface area contributed by atoms with Crippen molar-refractivity contribution >= 4 is 21.9 Å². The van der Waals surface area contributed by atoms with E-state index in [1.54, 1.807) is 7.11 Å². The topological polar surface area (TPSA) is 49.8 Å². The highest BCUT2D eigenvalue weighted by Crippen LogP contribution is 2.25. The monoisotopic (exact) mass is 315 g/mol. The van der Waals surface area contributed by atoms with Gasteiger partial charge in [0.2, 0.25) is 0 Å². The lowest BCUT2D eigenvalue weighted by molar-refractivity contribution is -0.138. The Balaban J connectivity index is 2.89. The van der Waals surface area contributed by atoms with Gasteiger partial charge in [0.05, 0.1) is 13.7 Å². The maximum atomic E-state index is 10.8. The molecule has 0 spiro atoms. The van der Waals surface area contributed by atoms with Crippen LogP contribution in [0.15, 0.2) is 22.7 Å². The van der Waals surface area contributed by atoms with Crippen LogP contribution in [-0.2, 0) is 11.3 Å². The summed E-state index contributed by atoms with van der Waals surface area (Å²) in [6, 6.07) is 5.92. The van der Waals surface area contributed by atoms with E-state index in [-0.39, 0.29) is 12.6 Å². The molecule has 1 aromatic carbocycles. The van der Waals surface area contributed by atoms with E-state index in [2.05, 4.69) is 15.9 Å². The second-order valence-electron chi connectivity index (χ2n) is 4.35. The number of rotatable bonds is 6. The zero-order valence-electron chi connectivity index (χ0n) is 10.8. The van der Waals surface area contributed by atoms with Gasteiger partial charge in [0.1, 0.15) is 5.75 Å². The number of halogens is 1. The van der Waals surface area contributed by atoms with Crippen molar-refractivity contribution in [1.29, 1.82) is 0 Å². The van der Waals surface area contributed by atoms with Gasteiger partial charge in [-0.15, -0.1) is 0 Å². The van der Waals surface area contributed by atoms with E-state index in [4.69, 9.17) is 9.84 Å². The first kappa shape index (κ1) is 15.0. The molecule has 5 heteroatoms. The summed E-state index contributed by atoms with van der Waals surface area (Å²) >= 11 is 3.38. The van der Waals surface area contributed by atoms with Crippen LogP contribution in [-0.4, -0.2) is 35.7 Å². The minimum Gasteiger partial charge on any atom is -0.496 e. The lowest BCUT2D eigenvalue weighted by atomic mass is 10.1. The lowest BCUT2D eigenvalue weighted by Gasteiger charge is -2.25. The van der Waals surface area contributed by atoms with E-state index in [1.807, 2.05) is 36.9 Å². The number of carboxylic acid groups (broad SMARTS) is 1. The number of aliphatic carboxylic acids is 1. The first-order valence-corrected chi connectivity index (χ1v) is 6.51. The molecule has 0 saturated heterocycles. The summed E-state index contributed by atoms with van der Waals surface area (Å²) in [5, 5.41) is 8.90. The van der Waals surface area contributed by atoms with Gasteiger partial charge >= 0.3 is 5.97 Å². The second-order valence-corrected chi connectivity index (χ2v) is 5.26. The molecule has 0 aliphatic carbocycles. The summed E-state index contributed by atoms with van der Waals surface area (Å²) in [4.78, 5) is 12.7. The molecule has 0 amide bonds. The molecule has 100 valence electrons. The number of hydrogen-bond donors (Lipinski definition) is 1. The number of ether oxygens (including phenoxy) is 1. The van der Waals surface area contributed by atoms with Crippen LogP contribution in [0, 0.1) is 0 Å². The minimum absolute atomic E-state index is 0.0247. The molecular weight excluding hydrogens is 298 g/mol. The standard InChI is InChI=1S/C13H18BrNO3/c1-9(2)15(8-13(16)17)7-10-4-5-11(14)6-12(10)18-3/h4-6,9H,7-8H2,1-3H3,(H,16,17). The van der Waals surface area contributed by atoms with E-state index < -0.39 is 5.97 Å². The van der Waals surface area contributed by atoms with Crippen LogP contribution >= 0.6 is 15.9 Å². The van der Waals surface area contributed by atoms with Crippen LogP contribution in [0.2, 0.25) is 0 Å². The molecule has 0 aromatic heterocycles. The molecule has 1 aromatic rings. The average Bonchev–Trinajstić information content (AvgIpc) is 2.29. The first-order chi connectivity index (χ1) is 8.43. The molecule has 4 nitrogen and oxygen atoms in total. The average molecular weight is 316 g/mol. The van der Waals surface area contributed by atoms with E-state index in [1.165, 1.54) is 0 Å². The second kappa shape index (κ2) is 6.75. The van der Waals surface area contributed by atoms with Crippen LogP contribution < -0.4 is 4.74 Å². The van der Waals surface area contributed by atoms with Crippen molar-refractivity contribution in [3.8, 4) is 5.75 Å². The SMILES string of the molecule is COc1cc(Br)ccc1CN(CC(=O)O)C(C)C. The van der Waals surface area contributed by atoms with Gasteiger partial charge in [-0.05, 0) is 26.0 Å². The quantitative estimate of drug-likeness (QED) is 0.877. The molecular formula is C13H18BrNO3. The zero-order chi connectivity index (χ0) is 13.7. The maximum Gasteiger partial charge on any atom is 0.317 e. The number of carbonyl (C=O) groups is 1. The summed E-state index contributed by atoms with van der Waals surface area (Å²) in [5.74, 6) is -0.0554. The van der Waals surface area contributed by atoms with Gasteiger partial charge in [-0.25, -0.2) is 0 Å². The van der Waals surface area contributed by atoms with Crippen molar-refractivity contribution in [3.05, 3.63) is 28.2 Å². The number of nitrogens with zero attached hydrogens (tertiary/aromatic N) is 1. The van der Waals surface area contributed by atoms with Crippen molar-refractivity contribution in [2.45, 2.75) is 26.4 Å². The minimum atomic E-state index is -0.820. The first-order valence-electron chi connectivity index (χ1n) is 5.72. The highest BCUT2D eigenvalue weighted by atomic mass is 79.9. The Kier molecular flexibility index (Phi) is 5.62. The summed E-state index contributed by atoms with van der Waals surface area (Å²) < 4.78 is 6.25. The summed E-state index contributed by atoms with van der Waals surface area (Å²) in [6.45, 7) is 4.54. The van der Waals surface area contributed by atoms with Crippen LogP contribution in [0.3, 0.4) is 0 Å². The van der Waals surface area contributed by atoms with E-state index >= 15 is 0 Å². The number of methoxy groups -OCH3 is 1. The Labute approximate surface area is 116 Å². The van der Waals surface area contributed by atoms with Crippen molar-refractivity contribution in [3.63, 3.8) is 0 Å². The molecule has 0 radical (unpaired) electrons. The normalized spacial score (nSPS) is 11.0. The van der Waals surface area contributed by atoms with Gasteiger partial charge < -0.3 is 9.84 Å². The molecule has 0 aliphatic rings. The van der Waals surface area contributed by atoms with Crippen molar-refractivity contribution in [1.82, 2.24) is 4.90 Å². The molecule has 1 N–H and O–H groups in total. The molecule has 0 heterocycles.